The number of nitrogens with two attached hydrogens (primary N) is 1. The van der Waals surface area contributed by atoms with Crippen LogP contribution in [0, 0.1) is 5.92 Å². The van der Waals surface area contributed by atoms with Gasteiger partial charge in [-0.3, -0.25) is 4.79 Å². The van der Waals surface area contributed by atoms with Crippen LogP contribution in [0.2, 0.25) is 0 Å². The van der Waals surface area contributed by atoms with Crippen molar-refractivity contribution in [3.8, 4) is 11.6 Å². The van der Waals surface area contributed by atoms with Crippen LogP contribution in [0.25, 0.3) is 0 Å². The van der Waals surface area contributed by atoms with Crippen LogP contribution >= 0.6 is 24.8 Å². The first kappa shape index (κ1) is 22.1. The van der Waals surface area contributed by atoms with Crippen LogP contribution in [0.1, 0.15) is 20.3 Å². The number of carbonyl (C=O) groups is 1. The van der Waals surface area contributed by atoms with Crippen LogP contribution in [-0.2, 0) is 4.79 Å². The highest BCUT2D eigenvalue weighted by molar-refractivity contribution is 5.95. The maximum Gasteiger partial charge on any atom is 0.241 e. The van der Waals surface area contributed by atoms with Crippen molar-refractivity contribution >= 4 is 36.4 Å². The third-order valence-corrected chi connectivity index (χ3v) is 3.43. The lowest BCUT2D eigenvalue weighted by atomic mass is 9.99. The van der Waals surface area contributed by atoms with Crippen molar-refractivity contribution in [1.82, 2.24) is 10.2 Å². The van der Waals surface area contributed by atoms with Gasteiger partial charge in [0.25, 0.3) is 0 Å². The number of nitrogens with zero attached hydrogens (tertiary/aromatic N) is 2. The Morgan fingerprint density at radius 3 is 2.67 bits per heavy atom. The van der Waals surface area contributed by atoms with Gasteiger partial charge in [0.15, 0.2) is 0 Å². The van der Waals surface area contributed by atoms with Crippen LogP contribution < -0.4 is 15.8 Å². The van der Waals surface area contributed by atoms with Gasteiger partial charge in [0.05, 0.1) is 6.04 Å². The summed E-state index contributed by atoms with van der Waals surface area (Å²) in [5.74, 6) is 0.878. The van der Waals surface area contributed by atoms with E-state index in [-0.39, 0.29) is 36.6 Å². The smallest absolute Gasteiger partial charge is 0.241 e. The second-order valence-corrected chi connectivity index (χ2v) is 5.09. The Bertz CT molecular complexity index is 628. The molecule has 3 N–H and O–H groups in total. The molecule has 0 bridgehead atoms. The molecule has 2 rings (SSSR count). The number of benzene rings is 1. The second-order valence-electron chi connectivity index (χ2n) is 5.09. The minimum absolute atomic E-state index is 0. The first-order valence-corrected chi connectivity index (χ1v) is 7.22. The number of carbonyl (C=O) groups excluding carboxylic acids is 1. The van der Waals surface area contributed by atoms with Crippen molar-refractivity contribution in [2.24, 2.45) is 11.7 Å². The van der Waals surface area contributed by atoms with Crippen LogP contribution in [0.4, 0.5) is 5.69 Å². The zero-order valence-corrected chi connectivity index (χ0v) is 15.1. The van der Waals surface area contributed by atoms with Crippen molar-refractivity contribution in [3.63, 3.8) is 0 Å². The van der Waals surface area contributed by atoms with Gasteiger partial charge in [-0.25, -0.2) is 0 Å². The number of nitrogens with one attached hydrogen (secondary N) is 1. The van der Waals surface area contributed by atoms with E-state index in [9.17, 15) is 4.79 Å². The van der Waals surface area contributed by atoms with E-state index in [2.05, 4.69) is 15.5 Å². The van der Waals surface area contributed by atoms with E-state index in [1.54, 1.807) is 42.6 Å². The molecule has 0 aliphatic carbocycles. The Hall–Kier alpha value is -1.89. The maximum absolute atomic E-state index is 12.1. The average molecular weight is 373 g/mol. The van der Waals surface area contributed by atoms with E-state index in [4.69, 9.17) is 10.5 Å². The molecule has 1 aromatic heterocycles. The van der Waals surface area contributed by atoms with Crippen molar-refractivity contribution in [2.45, 2.75) is 26.3 Å². The lowest BCUT2D eigenvalue weighted by molar-refractivity contribution is -0.118. The molecule has 1 amide bonds. The molecule has 0 saturated heterocycles. The maximum atomic E-state index is 12.1. The highest BCUT2D eigenvalue weighted by Gasteiger charge is 2.19. The number of ether oxygens (including phenoxy) is 1. The summed E-state index contributed by atoms with van der Waals surface area (Å²) >= 11 is 0. The monoisotopic (exact) mass is 372 g/mol. The number of amides is 1. The lowest BCUT2D eigenvalue weighted by Gasteiger charge is -2.17. The number of halogens is 2. The van der Waals surface area contributed by atoms with Gasteiger partial charge in [0.2, 0.25) is 11.8 Å². The molecule has 132 valence electrons. The summed E-state index contributed by atoms with van der Waals surface area (Å²) in [5, 5.41) is 10.4. The molecular weight excluding hydrogens is 351 g/mol. The fourth-order valence-corrected chi connectivity index (χ4v) is 1.84. The van der Waals surface area contributed by atoms with Crippen LogP contribution in [-0.4, -0.2) is 22.1 Å². The van der Waals surface area contributed by atoms with Crippen LogP contribution in [0.5, 0.6) is 11.6 Å². The predicted octanol–water partition coefficient (Wildman–Crippen LogP) is 3.42. The van der Waals surface area contributed by atoms with Crippen LogP contribution in [0.3, 0.4) is 0 Å². The van der Waals surface area contributed by atoms with E-state index in [0.717, 1.165) is 6.42 Å². The largest absolute Gasteiger partial charge is 0.437 e. The highest BCUT2D eigenvalue weighted by Crippen LogP contribution is 2.22. The van der Waals surface area contributed by atoms with Crippen molar-refractivity contribution in [2.75, 3.05) is 5.32 Å². The van der Waals surface area contributed by atoms with Gasteiger partial charge in [-0.2, -0.15) is 5.10 Å². The number of hydrogen-bond donors (Lipinski definition) is 2. The van der Waals surface area contributed by atoms with E-state index in [0.29, 0.717) is 17.3 Å². The number of aromatic nitrogens is 2. The molecule has 0 saturated carbocycles. The first-order chi connectivity index (χ1) is 10.6. The molecular formula is C16H22Cl2N4O2. The van der Waals surface area contributed by atoms with E-state index in [1.165, 1.54) is 0 Å². The zero-order valence-electron chi connectivity index (χ0n) is 13.5. The third-order valence-electron chi connectivity index (χ3n) is 3.43. The first-order valence-electron chi connectivity index (χ1n) is 7.22. The summed E-state index contributed by atoms with van der Waals surface area (Å²) in [5.41, 5.74) is 6.55. The van der Waals surface area contributed by atoms with Crippen LogP contribution in [0.15, 0.2) is 42.6 Å². The van der Waals surface area contributed by atoms with Gasteiger partial charge >= 0.3 is 0 Å². The van der Waals surface area contributed by atoms with Crippen molar-refractivity contribution in [1.29, 1.82) is 0 Å². The Morgan fingerprint density at radius 2 is 2.04 bits per heavy atom. The third kappa shape index (κ3) is 6.31. The molecule has 1 aromatic carbocycles. The van der Waals surface area contributed by atoms with E-state index < -0.39 is 6.04 Å². The Morgan fingerprint density at radius 1 is 1.29 bits per heavy atom. The molecule has 0 fully saturated rings. The quantitative estimate of drug-likeness (QED) is 0.810. The molecule has 0 aliphatic heterocycles. The molecule has 2 aromatic rings. The number of rotatable bonds is 6. The summed E-state index contributed by atoms with van der Waals surface area (Å²) < 4.78 is 5.57. The summed E-state index contributed by atoms with van der Waals surface area (Å²) in [4.78, 5) is 12.1. The van der Waals surface area contributed by atoms with Gasteiger partial charge in [0.1, 0.15) is 5.75 Å². The van der Waals surface area contributed by atoms with Crippen molar-refractivity contribution in [3.05, 3.63) is 42.6 Å². The topological polar surface area (TPSA) is 90.1 Å². The van der Waals surface area contributed by atoms with E-state index >= 15 is 0 Å². The summed E-state index contributed by atoms with van der Waals surface area (Å²) in [6.07, 6.45) is 2.42. The Balaban J connectivity index is 0.00000264. The standard InChI is InChI=1S/C16H20N4O2.2ClH/c1-3-11(2)15(17)16(21)19-12-6-4-7-13(10-12)22-14-8-5-9-18-20-14;;/h4-11,15H,3,17H2,1-2H3,(H,19,21);2*1H. The Kier molecular flexibility index (Phi) is 9.95. The molecule has 0 radical (unpaired) electrons. The molecule has 2 atom stereocenters. The fourth-order valence-electron chi connectivity index (χ4n) is 1.84. The summed E-state index contributed by atoms with van der Waals surface area (Å²) in [7, 11) is 0. The van der Waals surface area contributed by atoms with Gasteiger partial charge in [0, 0.05) is 24.0 Å². The Labute approximate surface area is 154 Å². The predicted molar refractivity (Wildman–Crippen MR) is 99.1 cm³/mol. The molecule has 1 heterocycles. The normalized spacial score (nSPS) is 12.1. The molecule has 6 nitrogen and oxygen atoms in total. The van der Waals surface area contributed by atoms with Gasteiger partial charge in [-0.05, 0) is 24.1 Å². The average Bonchev–Trinajstić information content (AvgIpc) is 2.54. The fraction of sp³-hybridized carbons (Fsp3) is 0.312. The molecule has 2 unspecified atom stereocenters. The van der Waals surface area contributed by atoms with Gasteiger partial charge in [-0.1, -0.05) is 26.3 Å². The minimum Gasteiger partial charge on any atom is -0.437 e. The van der Waals surface area contributed by atoms with Gasteiger partial charge in [-0.15, -0.1) is 29.9 Å². The zero-order chi connectivity index (χ0) is 15.9. The highest BCUT2D eigenvalue weighted by atomic mass is 35.5. The summed E-state index contributed by atoms with van der Waals surface area (Å²) in [6.45, 7) is 3.96. The summed E-state index contributed by atoms with van der Waals surface area (Å²) in [6, 6.07) is 9.97. The molecule has 0 aliphatic rings. The van der Waals surface area contributed by atoms with Gasteiger partial charge < -0.3 is 15.8 Å². The number of anilines is 1. The molecule has 24 heavy (non-hydrogen) atoms. The van der Waals surface area contributed by atoms with Crippen molar-refractivity contribution < 1.29 is 9.53 Å². The SMILES string of the molecule is CCC(C)C(N)C(=O)Nc1cccc(Oc2cccnn2)c1.Cl.Cl. The molecule has 0 spiro atoms. The second kappa shape index (κ2) is 10.8. The lowest BCUT2D eigenvalue weighted by Crippen LogP contribution is -2.40. The minimum atomic E-state index is -0.533. The number of hydrogen-bond acceptors (Lipinski definition) is 5. The van der Waals surface area contributed by atoms with E-state index in [1.807, 2.05) is 13.8 Å². The molecule has 8 heteroatoms.